The Kier molecular flexibility index (Phi) is 4.70. The molecule has 13 heavy (non-hydrogen) atoms. The Hall–Kier alpha value is -0.120. The number of nitrogens with zero attached hydrogens (tertiary/aromatic N) is 1. The van der Waals surface area contributed by atoms with Crippen LogP contribution in [0.2, 0.25) is 0 Å². The van der Waals surface area contributed by atoms with Crippen molar-refractivity contribution in [2.45, 2.75) is 37.8 Å². The van der Waals surface area contributed by atoms with E-state index in [1.165, 1.54) is 25.7 Å². The highest BCUT2D eigenvalue weighted by molar-refractivity contribution is 4.83. The summed E-state index contributed by atoms with van der Waals surface area (Å²) in [4.78, 5) is 2.20. The molecule has 0 heterocycles. The molecule has 0 aromatic rings. The van der Waals surface area contributed by atoms with Crippen LogP contribution in [0, 0.1) is 0 Å². The van der Waals surface area contributed by atoms with Crippen molar-refractivity contribution in [1.82, 2.24) is 10.2 Å². The van der Waals surface area contributed by atoms with Gasteiger partial charge in [-0.2, -0.15) is 0 Å². The quantitative estimate of drug-likeness (QED) is 0.666. The van der Waals surface area contributed by atoms with Gasteiger partial charge in [-0.1, -0.05) is 12.8 Å². The first-order chi connectivity index (χ1) is 6.20. The van der Waals surface area contributed by atoms with Gasteiger partial charge >= 0.3 is 0 Å². The molecule has 0 saturated heterocycles. The average Bonchev–Trinajstić information content (AvgIpc) is 2.08. The monoisotopic (exact) mass is 185 g/mol. The molecule has 2 atom stereocenters. The van der Waals surface area contributed by atoms with E-state index < -0.39 is 0 Å². The Bertz CT molecular complexity index is 136. The summed E-state index contributed by atoms with van der Waals surface area (Å²) in [6, 6.07) is 0.949. The highest BCUT2D eigenvalue weighted by Gasteiger charge is 2.20. The summed E-state index contributed by atoms with van der Waals surface area (Å²) in [5.41, 5.74) is 6.02. The molecule has 1 saturated carbocycles. The zero-order chi connectivity index (χ0) is 9.68. The number of likely N-dealkylation sites (N-methyl/N-ethyl adjacent to an activating group) is 1. The molecule has 0 aromatic carbocycles. The largest absolute Gasteiger partial charge is 0.326 e. The maximum Gasteiger partial charge on any atom is 0.0219 e. The molecule has 1 rings (SSSR count). The second kappa shape index (κ2) is 5.58. The lowest BCUT2D eigenvalue weighted by Crippen LogP contribution is -2.48. The molecular weight excluding hydrogens is 162 g/mol. The van der Waals surface area contributed by atoms with Crippen molar-refractivity contribution < 1.29 is 0 Å². The first kappa shape index (κ1) is 11.0. The second-order valence-corrected chi connectivity index (χ2v) is 4.31. The van der Waals surface area contributed by atoms with Crippen LogP contribution in [0.4, 0.5) is 0 Å². The molecule has 1 aliphatic carbocycles. The summed E-state index contributed by atoms with van der Waals surface area (Å²) >= 11 is 0. The smallest absolute Gasteiger partial charge is 0.0219 e. The number of hydrogen-bond donors (Lipinski definition) is 2. The fourth-order valence-electron chi connectivity index (χ4n) is 1.89. The molecule has 0 radical (unpaired) electrons. The predicted molar refractivity (Wildman–Crippen MR) is 56.8 cm³/mol. The molecule has 0 spiro atoms. The van der Waals surface area contributed by atoms with Crippen molar-refractivity contribution in [3.63, 3.8) is 0 Å². The van der Waals surface area contributed by atoms with Crippen LogP contribution in [0.3, 0.4) is 0 Å². The van der Waals surface area contributed by atoms with Crippen molar-refractivity contribution in [2.24, 2.45) is 5.73 Å². The summed E-state index contributed by atoms with van der Waals surface area (Å²) in [5, 5.41) is 3.54. The fraction of sp³-hybridized carbons (Fsp3) is 1.00. The van der Waals surface area contributed by atoms with Gasteiger partial charge in [0.1, 0.15) is 0 Å². The molecule has 0 aromatic heterocycles. The number of rotatable bonds is 4. The molecule has 0 bridgehead atoms. The summed E-state index contributed by atoms with van der Waals surface area (Å²) in [6.07, 6.45) is 5.11. The van der Waals surface area contributed by atoms with E-state index in [2.05, 4.69) is 24.3 Å². The lowest BCUT2D eigenvalue weighted by atomic mass is 9.91. The Morgan fingerprint density at radius 2 is 2.00 bits per heavy atom. The van der Waals surface area contributed by atoms with Gasteiger partial charge in [0.2, 0.25) is 0 Å². The lowest BCUT2D eigenvalue weighted by molar-refractivity contribution is 0.309. The van der Waals surface area contributed by atoms with Gasteiger partial charge in [-0.25, -0.2) is 0 Å². The summed E-state index contributed by atoms with van der Waals surface area (Å²) in [7, 11) is 4.20. The molecule has 0 amide bonds. The second-order valence-electron chi connectivity index (χ2n) is 4.31. The van der Waals surface area contributed by atoms with Gasteiger partial charge in [-0.15, -0.1) is 0 Å². The molecule has 3 N–H and O–H groups in total. The van der Waals surface area contributed by atoms with Crippen LogP contribution in [0.15, 0.2) is 0 Å². The normalized spacial score (nSPS) is 29.5. The number of nitrogens with one attached hydrogen (secondary N) is 1. The van der Waals surface area contributed by atoms with E-state index in [9.17, 15) is 0 Å². The van der Waals surface area contributed by atoms with Gasteiger partial charge in [-0.05, 0) is 26.9 Å². The third-order valence-corrected chi connectivity index (χ3v) is 2.78. The van der Waals surface area contributed by atoms with Crippen LogP contribution in [0.25, 0.3) is 0 Å². The van der Waals surface area contributed by atoms with E-state index in [1.54, 1.807) is 0 Å². The third-order valence-electron chi connectivity index (χ3n) is 2.78. The molecule has 0 aliphatic heterocycles. The highest BCUT2D eigenvalue weighted by atomic mass is 15.1. The van der Waals surface area contributed by atoms with E-state index in [1.807, 2.05) is 0 Å². The summed E-state index contributed by atoms with van der Waals surface area (Å²) in [6.45, 7) is 2.16. The Balaban J connectivity index is 2.11. The van der Waals surface area contributed by atoms with Gasteiger partial charge in [0.05, 0.1) is 0 Å². The van der Waals surface area contributed by atoms with Gasteiger partial charge in [0.25, 0.3) is 0 Å². The van der Waals surface area contributed by atoms with Crippen molar-refractivity contribution >= 4 is 0 Å². The minimum Gasteiger partial charge on any atom is -0.326 e. The fourth-order valence-corrected chi connectivity index (χ4v) is 1.89. The number of hydrogen-bond acceptors (Lipinski definition) is 3. The molecule has 1 fully saturated rings. The zero-order valence-electron chi connectivity index (χ0n) is 8.92. The molecule has 3 nitrogen and oxygen atoms in total. The third kappa shape index (κ3) is 4.07. The SMILES string of the molecule is CN(C)CCN[C@@H]1CCCC[C@@H]1N. The van der Waals surface area contributed by atoms with Gasteiger partial charge in [0, 0.05) is 25.2 Å². The Morgan fingerprint density at radius 1 is 1.31 bits per heavy atom. The van der Waals surface area contributed by atoms with Crippen LogP contribution in [-0.2, 0) is 0 Å². The molecule has 78 valence electrons. The van der Waals surface area contributed by atoms with Crippen molar-refractivity contribution in [1.29, 1.82) is 0 Å². The number of nitrogens with two attached hydrogens (primary N) is 1. The van der Waals surface area contributed by atoms with Gasteiger partial charge < -0.3 is 16.0 Å². The zero-order valence-corrected chi connectivity index (χ0v) is 8.92. The van der Waals surface area contributed by atoms with E-state index in [0.29, 0.717) is 12.1 Å². The van der Waals surface area contributed by atoms with Gasteiger partial charge in [0.15, 0.2) is 0 Å². The van der Waals surface area contributed by atoms with Crippen LogP contribution in [0.5, 0.6) is 0 Å². The molecular formula is C10H23N3. The first-order valence-corrected chi connectivity index (χ1v) is 5.34. The van der Waals surface area contributed by atoms with Gasteiger partial charge in [-0.3, -0.25) is 0 Å². The maximum absolute atomic E-state index is 6.02. The molecule has 0 unspecified atom stereocenters. The lowest BCUT2D eigenvalue weighted by Gasteiger charge is -2.29. The van der Waals surface area contributed by atoms with Crippen LogP contribution in [0.1, 0.15) is 25.7 Å². The van der Waals surface area contributed by atoms with Crippen LogP contribution < -0.4 is 11.1 Å². The molecule has 3 heteroatoms. The standard InChI is InChI=1S/C10H23N3/c1-13(2)8-7-12-10-6-4-3-5-9(10)11/h9-10,12H,3-8,11H2,1-2H3/t9-,10+/m0/s1. The Morgan fingerprint density at radius 3 is 2.62 bits per heavy atom. The van der Waals surface area contributed by atoms with E-state index >= 15 is 0 Å². The minimum absolute atomic E-state index is 0.385. The molecule has 1 aliphatic rings. The van der Waals surface area contributed by atoms with E-state index in [-0.39, 0.29) is 0 Å². The summed E-state index contributed by atoms with van der Waals surface area (Å²) < 4.78 is 0. The van der Waals surface area contributed by atoms with Crippen LogP contribution >= 0.6 is 0 Å². The average molecular weight is 185 g/mol. The summed E-state index contributed by atoms with van der Waals surface area (Å²) in [5.74, 6) is 0. The van der Waals surface area contributed by atoms with E-state index in [0.717, 1.165) is 13.1 Å². The first-order valence-electron chi connectivity index (χ1n) is 5.34. The predicted octanol–water partition coefficient (Wildman–Crippen LogP) is 0.408. The highest BCUT2D eigenvalue weighted by Crippen LogP contribution is 2.16. The van der Waals surface area contributed by atoms with Crippen LogP contribution in [-0.4, -0.2) is 44.2 Å². The minimum atomic E-state index is 0.385. The van der Waals surface area contributed by atoms with Crippen molar-refractivity contribution in [3.8, 4) is 0 Å². The van der Waals surface area contributed by atoms with E-state index in [4.69, 9.17) is 5.73 Å². The van der Waals surface area contributed by atoms with Crippen molar-refractivity contribution in [2.75, 3.05) is 27.2 Å². The van der Waals surface area contributed by atoms with Crippen molar-refractivity contribution in [3.05, 3.63) is 0 Å². The Labute approximate surface area is 81.7 Å². The topological polar surface area (TPSA) is 41.3 Å². The maximum atomic E-state index is 6.02.